The van der Waals surface area contributed by atoms with E-state index in [-0.39, 0.29) is 17.0 Å². The molecule has 3 aromatic carbocycles. The van der Waals surface area contributed by atoms with Gasteiger partial charge in [-0.25, -0.2) is 13.2 Å². The van der Waals surface area contributed by atoms with E-state index in [1.807, 2.05) is 6.92 Å². The number of anilines is 1. The molecular weight excluding hydrogens is 452 g/mol. The molecule has 0 spiro atoms. The Bertz CT molecular complexity index is 1190. The largest absolute Gasteiger partial charge is 0.452 e. The number of ether oxygens (including phenoxy) is 1. The fourth-order valence-corrected chi connectivity index (χ4v) is 3.86. The van der Waals surface area contributed by atoms with Gasteiger partial charge in [0.2, 0.25) is 0 Å². The number of amides is 1. The lowest BCUT2D eigenvalue weighted by Crippen LogP contribution is -2.28. The summed E-state index contributed by atoms with van der Waals surface area (Å²) in [5.74, 6) is -1.20. The van der Waals surface area contributed by atoms with Crippen molar-refractivity contribution >= 4 is 39.2 Å². The molecule has 9 heteroatoms. The molecule has 32 heavy (non-hydrogen) atoms. The van der Waals surface area contributed by atoms with Crippen molar-refractivity contribution in [1.29, 1.82) is 0 Å². The van der Waals surface area contributed by atoms with Crippen LogP contribution in [0.3, 0.4) is 0 Å². The summed E-state index contributed by atoms with van der Waals surface area (Å²) < 4.78 is 32.5. The third-order valence-corrected chi connectivity index (χ3v) is 6.09. The molecule has 166 valence electrons. The molecule has 0 aromatic heterocycles. The highest BCUT2D eigenvalue weighted by Crippen LogP contribution is 2.17. The molecule has 0 unspecified atom stereocenters. The molecule has 2 N–H and O–H groups in total. The Morgan fingerprint density at radius 3 is 2.16 bits per heavy atom. The van der Waals surface area contributed by atoms with Crippen LogP contribution in [0.25, 0.3) is 0 Å². The van der Waals surface area contributed by atoms with E-state index >= 15 is 0 Å². The Morgan fingerprint density at radius 2 is 1.53 bits per heavy atom. The average Bonchev–Trinajstić information content (AvgIpc) is 2.78. The van der Waals surface area contributed by atoms with Gasteiger partial charge >= 0.3 is 5.97 Å². The Labute approximate surface area is 191 Å². The molecule has 0 saturated carbocycles. The van der Waals surface area contributed by atoms with Crippen LogP contribution in [0, 0.1) is 6.92 Å². The molecule has 0 heterocycles. The molecule has 7 nitrogen and oxygen atoms in total. The molecule has 0 aliphatic carbocycles. The zero-order chi connectivity index (χ0) is 23.1. The predicted octanol–water partition coefficient (Wildman–Crippen LogP) is 3.92. The van der Waals surface area contributed by atoms with Crippen LogP contribution in [0.15, 0.2) is 77.7 Å². The molecule has 0 saturated heterocycles. The number of sulfonamides is 1. The van der Waals surface area contributed by atoms with Crippen LogP contribution >= 0.6 is 11.6 Å². The second-order valence-corrected chi connectivity index (χ2v) is 9.09. The van der Waals surface area contributed by atoms with E-state index in [1.54, 1.807) is 48.5 Å². The first-order chi connectivity index (χ1) is 15.2. The Kier molecular flexibility index (Phi) is 7.50. The van der Waals surface area contributed by atoms with E-state index in [0.717, 1.165) is 11.1 Å². The Morgan fingerprint density at radius 1 is 0.906 bits per heavy atom. The molecule has 1 amide bonds. The summed E-state index contributed by atoms with van der Waals surface area (Å²) in [7, 11) is -3.81. The molecule has 3 rings (SSSR count). The lowest BCUT2D eigenvalue weighted by atomic mass is 10.2. The van der Waals surface area contributed by atoms with Crippen LogP contribution in [0.2, 0.25) is 5.02 Å². The van der Waals surface area contributed by atoms with Gasteiger partial charge < -0.3 is 10.1 Å². The summed E-state index contributed by atoms with van der Waals surface area (Å²) in [6, 6.07) is 19.2. The number of rotatable bonds is 8. The first kappa shape index (κ1) is 23.3. The van der Waals surface area contributed by atoms with Crippen LogP contribution in [-0.4, -0.2) is 26.9 Å². The maximum Gasteiger partial charge on any atom is 0.338 e. The fourth-order valence-electron chi connectivity index (χ4n) is 2.67. The van der Waals surface area contributed by atoms with E-state index in [1.165, 1.54) is 24.3 Å². The number of carbonyl (C=O) groups excluding carboxylic acids is 2. The molecule has 0 radical (unpaired) electrons. The van der Waals surface area contributed by atoms with E-state index < -0.39 is 28.5 Å². The van der Waals surface area contributed by atoms with Gasteiger partial charge in [-0.05, 0) is 61.0 Å². The topological polar surface area (TPSA) is 102 Å². The van der Waals surface area contributed by atoms with Crippen LogP contribution in [-0.2, 0) is 26.1 Å². The van der Waals surface area contributed by atoms with Crippen molar-refractivity contribution in [2.24, 2.45) is 0 Å². The molecule has 0 fully saturated rings. The molecule has 3 aromatic rings. The standard InChI is InChI=1S/C23H21ClN2O5S/c1-16-2-10-20(11-3-16)26-32(29,30)21-12-6-18(7-13-21)23(28)31-15-22(27)25-14-17-4-8-19(24)9-5-17/h2-13,26H,14-15H2,1H3,(H,25,27). The average molecular weight is 473 g/mol. The van der Waals surface area contributed by atoms with Crippen LogP contribution in [0.5, 0.6) is 0 Å². The highest BCUT2D eigenvalue weighted by atomic mass is 35.5. The number of hydrogen-bond acceptors (Lipinski definition) is 5. The number of aryl methyl sites for hydroxylation is 1. The zero-order valence-electron chi connectivity index (χ0n) is 17.2. The maximum atomic E-state index is 12.5. The van der Waals surface area contributed by atoms with Gasteiger partial charge in [0.05, 0.1) is 10.5 Å². The number of nitrogens with one attached hydrogen (secondary N) is 2. The summed E-state index contributed by atoms with van der Waals surface area (Å²) in [4.78, 5) is 24.1. The summed E-state index contributed by atoms with van der Waals surface area (Å²) in [6.07, 6.45) is 0. The van der Waals surface area contributed by atoms with Gasteiger partial charge in [0.15, 0.2) is 6.61 Å². The van der Waals surface area contributed by atoms with Crippen LogP contribution in [0.1, 0.15) is 21.5 Å². The third kappa shape index (κ3) is 6.57. The molecule has 0 aliphatic rings. The second kappa shape index (κ2) is 10.3. The van der Waals surface area contributed by atoms with Crippen LogP contribution in [0.4, 0.5) is 5.69 Å². The molecule has 0 bridgehead atoms. The Balaban J connectivity index is 1.52. The first-order valence-corrected chi connectivity index (χ1v) is 11.5. The zero-order valence-corrected chi connectivity index (χ0v) is 18.7. The van der Waals surface area contributed by atoms with E-state index in [2.05, 4.69) is 10.0 Å². The smallest absolute Gasteiger partial charge is 0.338 e. The van der Waals surface area contributed by atoms with E-state index in [9.17, 15) is 18.0 Å². The number of benzene rings is 3. The lowest BCUT2D eigenvalue weighted by molar-refractivity contribution is -0.124. The van der Waals surface area contributed by atoms with E-state index in [4.69, 9.17) is 16.3 Å². The first-order valence-electron chi connectivity index (χ1n) is 9.61. The van der Waals surface area contributed by atoms with Gasteiger partial charge in [0, 0.05) is 17.3 Å². The summed E-state index contributed by atoms with van der Waals surface area (Å²) in [5.41, 5.74) is 2.42. The van der Waals surface area contributed by atoms with Crippen LogP contribution < -0.4 is 10.0 Å². The predicted molar refractivity (Wildman–Crippen MR) is 122 cm³/mol. The van der Waals surface area contributed by atoms with Crippen molar-refractivity contribution in [2.75, 3.05) is 11.3 Å². The SMILES string of the molecule is Cc1ccc(NS(=O)(=O)c2ccc(C(=O)OCC(=O)NCc3ccc(Cl)cc3)cc2)cc1. The molecular formula is C23H21ClN2O5S. The summed E-state index contributed by atoms with van der Waals surface area (Å²) >= 11 is 5.81. The monoisotopic (exact) mass is 472 g/mol. The van der Waals surface area contributed by atoms with Gasteiger partial charge in [-0.1, -0.05) is 41.4 Å². The van der Waals surface area contributed by atoms with Gasteiger partial charge in [-0.15, -0.1) is 0 Å². The number of hydrogen-bond donors (Lipinski definition) is 2. The molecule has 0 atom stereocenters. The van der Waals surface area contributed by atoms with E-state index in [0.29, 0.717) is 10.7 Å². The van der Waals surface area contributed by atoms with Crippen molar-refractivity contribution in [2.45, 2.75) is 18.4 Å². The minimum atomic E-state index is -3.81. The maximum absolute atomic E-state index is 12.5. The van der Waals surface area contributed by atoms with Crippen molar-refractivity contribution < 1.29 is 22.7 Å². The van der Waals surface area contributed by atoms with Gasteiger partial charge in [0.1, 0.15) is 0 Å². The summed E-state index contributed by atoms with van der Waals surface area (Å²) in [6.45, 7) is 1.72. The number of carbonyl (C=O) groups is 2. The van der Waals surface area contributed by atoms with Crippen molar-refractivity contribution in [3.63, 3.8) is 0 Å². The summed E-state index contributed by atoms with van der Waals surface area (Å²) in [5, 5.41) is 3.23. The minimum Gasteiger partial charge on any atom is -0.452 e. The van der Waals surface area contributed by atoms with Gasteiger partial charge in [-0.2, -0.15) is 0 Å². The highest BCUT2D eigenvalue weighted by Gasteiger charge is 2.16. The number of halogens is 1. The van der Waals surface area contributed by atoms with Crippen molar-refractivity contribution in [3.8, 4) is 0 Å². The second-order valence-electron chi connectivity index (χ2n) is 6.98. The normalized spacial score (nSPS) is 10.9. The minimum absolute atomic E-state index is 0.00432. The quantitative estimate of drug-likeness (QED) is 0.484. The lowest BCUT2D eigenvalue weighted by Gasteiger charge is -2.09. The van der Waals surface area contributed by atoms with Crippen molar-refractivity contribution in [3.05, 3.63) is 94.5 Å². The number of esters is 1. The van der Waals surface area contributed by atoms with Crippen molar-refractivity contribution in [1.82, 2.24) is 5.32 Å². The van der Waals surface area contributed by atoms with Gasteiger partial charge in [-0.3, -0.25) is 9.52 Å². The fraction of sp³-hybridized carbons (Fsp3) is 0.130. The third-order valence-electron chi connectivity index (χ3n) is 4.44. The Hall–Kier alpha value is -3.36. The highest BCUT2D eigenvalue weighted by molar-refractivity contribution is 7.92. The van der Waals surface area contributed by atoms with Gasteiger partial charge in [0.25, 0.3) is 15.9 Å². The molecule has 0 aliphatic heterocycles.